The Morgan fingerprint density at radius 2 is 2.14 bits per heavy atom. The van der Waals surface area contributed by atoms with Crippen molar-refractivity contribution in [3.8, 4) is 0 Å². The highest BCUT2D eigenvalue weighted by Crippen LogP contribution is 2.42. The van der Waals surface area contributed by atoms with Crippen molar-refractivity contribution in [3.63, 3.8) is 0 Å². The lowest BCUT2D eigenvalue weighted by Crippen LogP contribution is -2.42. The van der Waals surface area contributed by atoms with Gasteiger partial charge in [-0.1, -0.05) is 0 Å². The summed E-state index contributed by atoms with van der Waals surface area (Å²) < 4.78 is 7.41. The Kier molecular flexibility index (Phi) is 3.56. The molecule has 0 saturated carbocycles. The minimum atomic E-state index is -1.50. The zero-order chi connectivity index (χ0) is 16.1. The van der Waals surface area contributed by atoms with Gasteiger partial charge in [-0.05, 0) is 13.0 Å². The van der Waals surface area contributed by atoms with Gasteiger partial charge >= 0.3 is 0 Å². The van der Waals surface area contributed by atoms with Crippen LogP contribution in [0.5, 0.6) is 0 Å². The molecule has 8 heteroatoms. The van der Waals surface area contributed by atoms with Crippen molar-refractivity contribution in [2.24, 2.45) is 0 Å². The molecule has 0 aliphatic carbocycles. The minimum absolute atomic E-state index is 0.357. The van der Waals surface area contributed by atoms with Crippen LogP contribution in [0, 0.1) is 0 Å². The second-order valence-electron chi connectivity index (χ2n) is 5.98. The first kappa shape index (κ1) is 15.2. The molecule has 0 bridgehead atoms. The second-order valence-corrected chi connectivity index (χ2v) is 5.98. The fraction of sp³-hybridized carbons (Fsp3) is 0.571. The zero-order valence-corrected chi connectivity index (χ0v) is 12.7. The third-order valence-corrected chi connectivity index (χ3v) is 4.07. The zero-order valence-electron chi connectivity index (χ0n) is 12.7. The largest absolute Gasteiger partial charge is 0.394 e. The number of nitrogens with zero attached hydrogens (tertiary/aromatic N) is 4. The molecule has 1 fully saturated rings. The van der Waals surface area contributed by atoms with Crippen LogP contribution in [0.3, 0.4) is 0 Å². The Labute approximate surface area is 127 Å². The molecular formula is C14H20N4O4. The lowest BCUT2D eigenvalue weighted by atomic mass is 9.90. The van der Waals surface area contributed by atoms with Gasteiger partial charge in [-0.15, -0.1) is 0 Å². The van der Waals surface area contributed by atoms with E-state index in [4.69, 9.17) is 4.74 Å². The normalized spacial score (nSPS) is 31.8. The fourth-order valence-electron chi connectivity index (χ4n) is 2.88. The highest BCUT2D eigenvalue weighted by Gasteiger charge is 2.52. The van der Waals surface area contributed by atoms with Crippen molar-refractivity contribution >= 4 is 11.6 Å². The van der Waals surface area contributed by atoms with Gasteiger partial charge in [0.1, 0.15) is 35.9 Å². The van der Waals surface area contributed by atoms with Gasteiger partial charge in [0, 0.05) is 25.9 Å². The second kappa shape index (κ2) is 5.17. The van der Waals surface area contributed by atoms with Crippen molar-refractivity contribution in [1.29, 1.82) is 0 Å². The van der Waals surface area contributed by atoms with Gasteiger partial charge in [0.15, 0.2) is 0 Å². The summed E-state index contributed by atoms with van der Waals surface area (Å²) in [4.78, 5) is 10.3. The Morgan fingerprint density at radius 3 is 2.73 bits per heavy atom. The average molecular weight is 308 g/mol. The van der Waals surface area contributed by atoms with Gasteiger partial charge in [-0.25, -0.2) is 9.97 Å². The monoisotopic (exact) mass is 308 g/mol. The molecule has 1 aliphatic rings. The predicted molar refractivity (Wildman–Crippen MR) is 78.6 cm³/mol. The van der Waals surface area contributed by atoms with Crippen LogP contribution in [0.2, 0.25) is 0 Å². The maximum absolute atomic E-state index is 10.5. The number of hydrogen-bond acceptors (Lipinski definition) is 7. The molecule has 0 amide bonds. The molecule has 2 aromatic rings. The lowest BCUT2D eigenvalue weighted by Gasteiger charge is -2.25. The molecular weight excluding hydrogens is 288 g/mol. The minimum Gasteiger partial charge on any atom is -0.394 e. The molecule has 1 aliphatic heterocycles. The molecule has 3 heterocycles. The topological polar surface area (TPSA) is 103 Å². The smallest absolute Gasteiger partial charge is 0.212 e. The summed E-state index contributed by atoms with van der Waals surface area (Å²) in [7, 11) is 3.74. The number of aromatic nitrogens is 3. The molecule has 0 unspecified atom stereocenters. The molecule has 0 spiro atoms. The van der Waals surface area contributed by atoms with Crippen molar-refractivity contribution in [3.05, 3.63) is 24.2 Å². The number of aliphatic hydroxyl groups excluding tert-OH is 2. The van der Waals surface area contributed by atoms with E-state index in [2.05, 4.69) is 9.97 Å². The quantitative estimate of drug-likeness (QED) is 0.691. The van der Waals surface area contributed by atoms with E-state index in [1.807, 2.05) is 19.0 Å². The molecule has 2 aromatic heterocycles. The Balaban J connectivity index is 2.06. The van der Waals surface area contributed by atoms with E-state index >= 15 is 0 Å². The van der Waals surface area contributed by atoms with Crippen LogP contribution in [-0.4, -0.2) is 68.2 Å². The molecule has 0 radical (unpaired) electrons. The summed E-state index contributed by atoms with van der Waals surface area (Å²) in [6.07, 6.45) is 0.507. The van der Waals surface area contributed by atoms with Crippen molar-refractivity contribution in [1.82, 2.24) is 14.4 Å². The summed E-state index contributed by atoms with van der Waals surface area (Å²) >= 11 is 0. The van der Waals surface area contributed by atoms with Gasteiger partial charge in [-0.2, -0.15) is 0 Å². The number of fused-ring (bicyclic) bond motifs is 1. The Bertz CT molecular complexity index is 685. The molecule has 1 saturated heterocycles. The van der Waals surface area contributed by atoms with Crippen LogP contribution in [0.4, 0.5) is 5.95 Å². The average Bonchev–Trinajstić information content (AvgIpc) is 2.98. The molecule has 3 N–H and O–H groups in total. The van der Waals surface area contributed by atoms with E-state index in [9.17, 15) is 15.3 Å². The first-order valence-corrected chi connectivity index (χ1v) is 7.03. The molecule has 120 valence electrons. The fourth-order valence-corrected chi connectivity index (χ4v) is 2.88. The van der Waals surface area contributed by atoms with E-state index in [1.54, 1.807) is 16.7 Å². The van der Waals surface area contributed by atoms with Crippen molar-refractivity contribution in [2.45, 2.75) is 30.8 Å². The molecule has 8 nitrogen and oxygen atoms in total. The van der Waals surface area contributed by atoms with Crippen molar-refractivity contribution in [2.75, 3.05) is 25.6 Å². The van der Waals surface area contributed by atoms with E-state index in [0.29, 0.717) is 17.2 Å². The maximum Gasteiger partial charge on any atom is 0.212 e. The summed E-state index contributed by atoms with van der Waals surface area (Å²) in [5, 5.41) is 29.9. The van der Waals surface area contributed by atoms with Gasteiger partial charge in [0.2, 0.25) is 5.95 Å². The number of anilines is 1. The van der Waals surface area contributed by atoms with Crippen LogP contribution >= 0.6 is 0 Å². The number of hydrogen-bond donors (Lipinski definition) is 3. The van der Waals surface area contributed by atoms with Gasteiger partial charge < -0.3 is 25.0 Å². The molecule has 22 heavy (non-hydrogen) atoms. The summed E-state index contributed by atoms with van der Waals surface area (Å²) in [5.74, 6) is 0.688. The molecule has 0 aromatic carbocycles. The third-order valence-electron chi connectivity index (χ3n) is 4.07. The summed E-state index contributed by atoms with van der Waals surface area (Å²) in [6.45, 7) is 1.14. The van der Waals surface area contributed by atoms with E-state index < -0.39 is 23.9 Å². The Morgan fingerprint density at radius 1 is 1.41 bits per heavy atom. The van der Waals surface area contributed by atoms with Crippen LogP contribution in [0.25, 0.3) is 5.65 Å². The van der Waals surface area contributed by atoms with Crippen LogP contribution in [0.15, 0.2) is 18.6 Å². The molecule has 4 atom stereocenters. The van der Waals surface area contributed by atoms with Crippen LogP contribution in [0.1, 0.15) is 18.6 Å². The lowest BCUT2D eigenvalue weighted by molar-refractivity contribution is -0.0645. The predicted octanol–water partition coefficient (Wildman–Crippen LogP) is -0.661. The third kappa shape index (κ3) is 2.15. The van der Waals surface area contributed by atoms with Gasteiger partial charge in [-0.3, -0.25) is 4.40 Å². The van der Waals surface area contributed by atoms with E-state index in [-0.39, 0.29) is 6.61 Å². The first-order chi connectivity index (χ1) is 10.4. The van der Waals surface area contributed by atoms with Crippen LogP contribution < -0.4 is 4.90 Å². The first-order valence-electron chi connectivity index (χ1n) is 7.03. The Hall–Kier alpha value is -1.74. The highest BCUT2D eigenvalue weighted by molar-refractivity contribution is 5.50. The standard InChI is InChI=1S/C14H20N4O4/c1-14(21)11(20)9(6-19)22-12(14)8-4-10-15-7-16-13(17(2)3)18(10)5-8/h4-5,7,9,11-12,19-21H,6H2,1-3H3/t9-,11-,12+,14-/m1/s1. The summed E-state index contributed by atoms with van der Waals surface area (Å²) in [5.41, 5.74) is -0.164. The number of ether oxygens (including phenoxy) is 1. The van der Waals surface area contributed by atoms with E-state index in [0.717, 1.165) is 0 Å². The molecule has 3 rings (SSSR count). The number of rotatable bonds is 3. The van der Waals surface area contributed by atoms with Gasteiger partial charge in [0.25, 0.3) is 0 Å². The highest BCUT2D eigenvalue weighted by atomic mass is 16.6. The van der Waals surface area contributed by atoms with Gasteiger partial charge in [0.05, 0.1) is 6.61 Å². The SMILES string of the molecule is CN(C)c1ncnc2cc([C@@H]3O[C@H](CO)[C@@H](O)[C@@]3(C)O)cn12. The van der Waals surface area contributed by atoms with E-state index in [1.165, 1.54) is 13.3 Å². The summed E-state index contributed by atoms with van der Waals surface area (Å²) in [6, 6.07) is 1.78. The van der Waals surface area contributed by atoms with Crippen molar-refractivity contribution < 1.29 is 20.1 Å². The maximum atomic E-state index is 10.5. The number of aliphatic hydroxyl groups is 3. The van der Waals surface area contributed by atoms with Crippen LogP contribution in [-0.2, 0) is 4.74 Å².